The average Bonchev–Trinajstić information content (AvgIpc) is 3.36. The van der Waals surface area contributed by atoms with Crippen molar-refractivity contribution in [2.45, 2.75) is 74.1 Å². The Morgan fingerprint density at radius 3 is 2.40 bits per heavy atom. The number of carbonyl (C=O) groups excluding carboxylic acids is 1. The van der Waals surface area contributed by atoms with Gasteiger partial charge in [0.05, 0.1) is 11.6 Å². The molecule has 226 valence electrons. The van der Waals surface area contributed by atoms with Crippen molar-refractivity contribution in [1.82, 2.24) is 19.7 Å². The van der Waals surface area contributed by atoms with E-state index in [-0.39, 0.29) is 29.7 Å². The summed E-state index contributed by atoms with van der Waals surface area (Å²) in [6, 6.07) is 20.5. The van der Waals surface area contributed by atoms with E-state index in [1.54, 1.807) is 12.1 Å². The molecule has 1 atom stereocenters. The number of amides is 2. The van der Waals surface area contributed by atoms with E-state index in [1.165, 1.54) is 28.5 Å². The Kier molecular flexibility index (Phi) is 9.02. The van der Waals surface area contributed by atoms with E-state index in [4.69, 9.17) is 14.8 Å². The third-order valence-corrected chi connectivity index (χ3v) is 10.0. The van der Waals surface area contributed by atoms with Crippen molar-refractivity contribution < 1.29 is 19.4 Å². The third-order valence-electron chi connectivity index (χ3n) is 9.07. The maximum absolute atomic E-state index is 14.0. The van der Waals surface area contributed by atoms with Crippen LogP contribution in [0.15, 0.2) is 70.6 Å². The van der Waals surface area contributed by atoms with Crippen molar-refractivity contribution >= 4 is 23.8 Å². The second kappa shape index (κ2) is 13.1. The first kappa shape index (κ1) is 29.7. The normalized spacial score (nSPS) is 20.6. The molecule has 0 saturated carbocycles. The van der Waals surface area contributed by atoms with Crippen LogP contribution in [0, 0.1) is 13.8 Å². The van der Waals surface area contributed by atoms with Gasteiger partial charge in [0, 0.05) is 62.1 Å². The van der Waals surface area contributed by atoms with Gasteiger partial charge < -0.3 is 19.6 Å². The number of hydrogen-bond acceptors (Lipinski definition) is 6. The molecule has 3 aromatic rings. The molecule has 2 amide bonds. The largest absolute Gasteiger partial charge is 0.478 e. The number of rotatable bonds is 8. The Balaban J connectivity index is 1.09. The highest BCUT2D eigenvalue weighted by Crippen LogP contribution is 2.37. The summed E-state index contributed by atoms with van der Waals surface area (Å²) in [7, 11) is 0. The lowest BCUT2D eigenvalue weighted by atomic mass is 9.98. The summed E-state index contributed by atoms with van der Waals surface area (Å²) in [5.74, 6) is -0.922. The summed E-state index contributed by atoms with van der Waals surface area (Å²) in [4.78, 5) is 37.7. The van der Waals surface area contributed by atoms with Gasteiger partial charge in [-0.25, -0.2) is 14.6 Å². The zero-order valence-electron chi connectivity index (χ0n) is 24.9. The van der Waals surface area contributed by atoms with Crippen LogP contribution in [0.4, 0.5) is 4.79 Å². The lowest BCUT2D eigenvalue weighted by Crippen LogP contribution is -2.48. The quantitative estimate of drug-likeness (QED) is 0.331. The van der Waals surface area contributed by atoms with Gasteiger partial charge >= 0.3 is 12.0 Å². The summed E-state index contributed by atoms with van der Waals surface area (Å²) >= 11 is 1.53. The number of carbonyl (C=O) groups is 2. The molecule has 0 spiro atoms. The van der Waals surface area contributed by atoms with Crippen LogP contribution in [-0.4, -0.2) is 81.7 Å². The zero-order valence-corrected chi connectivity index (χ0v) is 25.8. The van der Waals surface area contributed by atoms with Crippen LogP contribution in [0.1, 0.15) is 64.5 Å². The standard InChI is InChI=1S/C34H40N4O4S/c1-23-4-3-5-26(20-23)31-22-37(28-14-18-42-19-15-28)34(41)38(31)29-12-16-36(17-13-29)21-27-8-11-32(35-24(27)2)43-30-9-6-25(7-10-30)33(39)40/h3-11,20,28-29,31H,12-19,21-22H2,1-2H3,(H,39,40). The molecule has 8 nitrogen and oxygen atoms in total. The molecule has 6 rings (SSSR count). The number of pyridine rings is 1. The predicted molar refractivity (Wildman–Crippen MR) is 166 cm³/mol. The second-order valence-corrected chi connectivity index (χ2v) is 13.0. The maximum atomic E-state index is 14.0. The number of aromatic carboxylic acids is 1. The van der Waals surface area contributed by atoms with Gasteiger partial charge in [0.15, 0.2) is 0 Å². The molecule has 43 heavy (non-hydrogen) atoms. The molecule has 0 bridgehead atoms. The topological polar surface area (TPSA) is 86.2 Å². The number of nitrogens with zero attached hydrogens (tertiary/aromatic N) is 4. The SMILES string of the molecule is Cc1cccc(C2CN(C3CCOCC3)C(=O)N2C2CCN(Cc3ccc(Sc4ccc(C(=O)O)cc4)nc3C)CC2)c1. The number of aryl methyl sites for hydroxylation is 2. The van der Waals surface area contributed by atoms with Crippen LogP contribution >= 0.6 is 11.8 Å². The fourth-order valence-corrected chi connectivity index (χ4v) is 7.50. The summed E-state index contributed by atoms with van der Waals surface area (Å²) in [6.07, 6.45) is 3.76. The van der Waals surface area contributed by atoms with Crippen molar-refractivity contribution in [3.63, 3.8) is 0 Å². The Labute approximate surface area is 258 Å². The molecule has 9 heteroatoms. The van der Waals surface area contributed by atoms with Crippen molar-refractivity contribution in [3.8, 4) is 0 Å². The van der Waals surface area contributed by atoms with Gasteiger partial charge in [-0.15, -0.1) is 0 Å². The summed E-state index contributed by atoms with van der Waals surface area (Å²) in [5.41, 5.74) is 4.97. The van der Waals surface area contributed by atoms with Gasteiger partial charge in [0.25, 0.3) is 0 Å². The molecule has 3 fully saturated rings. The zero-order chi connectivity index (χ0) is 29.9. The van der Waals surface area contributed by atoms with E-state index in [1.807, 2.05) is 18.2 Å². The first-order chi connectivity index (χ1) is 20.9. The fraction of sp³-hybridized carbons (Fsp3) is 0.441. The molecule has 3 aliphatic rings. The Bertz CT molecular complexity index is 1450. The predicted octanol–water partition coefficient (Wildman–Crippen LogP) is 6.17. The second-order valence-electron chi connectivity index (χ2n) is 11.9. The minimum Gasteiger partial charge on any atom is -0.478 e. The van der Waals surface area contributed by atoms with Gasteiger partial charge in [0.1, 0.15) is 5.03 Å². The number of carboxylic acids is 1. The van der Waals surface area contributed by atoms with E-state index >= 15 is 0 Å². The maximum Gasteiger partial charge on any atom is 0.335 e. The minimum atomic E-state index is -0.922. The smallest absolute Gasteiger partial charge is 0.335 e. The van der Waals surface area contributed by atoms with Crippen molar-refractivity contribution in [2.24, 2.45) is 0 Å². The van der Waals surface area contributed by atoms with E-state index < -0.39 is 5.97 Å². The molecule has 0 radical (unpaired) electrons. The van der Waals surface area contributed by atoms with E-state index in [0.717, 1.165) is 80.7 Å². The van der Waals surface area contributed by atoms with Crippen LogP contribution in [0.25, 0.3) is 0 Å². The van der Waals surface area contributed by atoms with Crippen molar-refractivity contribution in [3.05, 3.63) is 88.6 Å². The van der Waals surface area contributed by atoms with Crippen LogP contribution in [0.3, 0.4) is 0 Å². The highest BCUT2D eigenvalue weighted by Gasteiger charge is 2.45. The van der Waals surface area contributed by atoms with Gasteiger partial charge in [-0.3, -0.25) is 4.90 Å². The molecule has 2 aromatic carbocycles. The first-order valence-electron chi connectivity index (χ1n) is 15.3. The number of ether oxygens (including phenoxy) is 1. The van der Waals surface area contributed by atoms with Gasteiger partial charge in [0.2, 0.25) is 0 Å². The number of urea groups is 1. The third kappa shape index (κ3) is 6.74. The first-order valence-corrected chi connectivity index (χ1v) is 16.1. The van der Waals surface area contributed by atoms with Crippen molar-refractivity contribution in [2.75, 3.05) is 32.8 Å². The molecule has 3 saturated heterocycles. The Morgan fingerprint density at radius 1 is 0.977 bits per heavy atom. The molecule has 0 aliphatic carbocycles. The summed E-state index contributed by atoms with van der Waals surface area (Å²) < 4.78 is 5.60. The van der Waals surface area contributed by atoms with Gasteiger partial charge in [-0.05, 0) is 81.0 Å². The number of likely N-dealkylation sites (tertiary alicyclic amines) is 1. The number of piperidine rings is 1. The Hall–Kier alpha value is -3.40. The monoisotopic (exact) mass is 600 g/mol. The Morgan fingerprint density at radius 2 is 1.72 bits per heavy atom. The van der Waals surface area contributed by atoms with Crippen LogP contribution in [-0.2, 0) is 11.3 Å². The highest BCUT2D eigenvalue weighted by atomic mass is 32.2. The molecule has 1 unspecified atom stereocenters. The van der Waals surface area contributed by atoms with E-state index in [0.29, 0.717) is 0 Å². The molecule has 3 aliphatic heterocycles. The summed E-state index contributed by atoms with van der Waals surface area (Å²) in [6.45, 7) is 9.13. The number of carboxylic acid groups (broad SMARTS) is 1. The van der Waals surface area contributed by atoms with Crippen LogP contribution in [0.2, 0.25) is 0 Å². The number of hydrogen-bond donors (Lipinski definition) is 1. The van der Waals surface area contributed by atoms with Crippen LogP contribution < -0.4 is 0 Å². The molecule has 4 heterocycles. The van der Waals surface area contributed by atoms with Crippen molar-refractivity contribution in [1.29, 1.82) is 0 Å². The van der Waals surface area contributed by atoms with Crippen LogP contribution in [0.5, 0.6) is 0 Å². The highest BCUT2D eigenvalue weighted by molar-refractivity contribution is 7.99. The van der Waals surface area contributed by atoms with Gasteiger partial charge in [-0.1, -0.05) is 47.7 Å². The average molecular weight is 601 g/mol. The van der Waals surface area contributed by atoms with Gasteiger partial charge in [-0.2, -0.15) is 0 Å². The fourth-order valence-electron chi connectivity index (χ4n) is 6.66. The molecule has 1 N–H and O–H groups in total. The number of benzene rings is 2. The van der Waals surface area contributed by atoms with E-state index in [2.05, 4.69) is 58.9 Å². The lowest BCUT2D eigenvalue weighted by molar-refractivity contribution is 0.0493. The lowest BCUT2D eigenvalue weighted by Gasteiger charge is -2.39. The van der Waals surface area contributed by atoms with E-state index in [9.17, 15) is 9.59 Å². The summed E-state index contributed by atoms with van der Waals surface area (Å²) in [5, 5.41) is 10.0. The molecule has 1 aromatic heterocycles. The molecular weight excluding hydrogens is 560 g/mol. The number of aromatic nitrogens is 1. The molecular formula is C34H40N4O4S. The minimum absolute atomic E-state index is 0.0867.